The summed E-state index contributed by atoms with van der Waals surface area (Å²) in [5, 5.41) is 8.92. The summed E-state index contributed by atoms with van der Waals surface area (Å²) in [5.74, 6) is -0.176. The number of carbonyl (C=O) groups is 2. The van der Waals surface area contributed by atoms with Gasteiger partial charge in [0.1, 0.15) is 6.10 Å². The van der Waals surface area contributed by atoms with Crippen molar-refractivity contribution in [3.05, 3.63) is 35.4 Å². The number of aromatic carboxylic acids is 1. The summed E-state index contributed by atoms with van der Waals surface area (Å²) in [6, 6.07) is 5.90. The van der Waals surface area contributed by atoms with E-state index in [0.29, 0.717) is 11.5 Å². The second kappa shape index (κ2) is 10.9. The maximum Gasteiger partial charge on any atom is 0.338 e. The Morgan fingerprint density at radius 1 is 0.880 bits per heavy atom. The van der Waals surface area contributed by atoms with Crippen molar-refractivity contribution in [2.45, 2.75) is 72.3 Å². The smallest absolute Gasteiger partial charge is 0.338 e. The van der Waals surface area contributed by atoms with Crippen molar-refractivity contribution in [2.75, 3.05) is 0 Å². The van der Waals surface area contributed by atoms with E-state index in [1.165, 1.54) is 37.1 Å². The first-order valence-corrected chi connectivity index (χ1v) is 9.34. The number of hydrogen-bond acceptors (Lipinski definition) is 3. The van der Waals surface area contributed by atoms with E-state index in [1.54, 1.807) is 0 Å². The predicted octanol–water partition coefficient (Wildman–Crippen LogP) is 5.56. The van der Waals surface area contributed by atoms with Crippen LogP contribution < -0.4 is 0 Å². The van der Waals surface area contributed by atoms with Crippen LogP contribution in [-0.4, -0.2) is 23.1 Å². The number of rotatable bonds is 11. The highest BCUT2D eigenvalue weighted by molar-refractivity contribution is 5.92. The van der Waals surface area contributed by atoms with Crippen molar-refractivity contribution in [1.82, 2.24) is 0 Å². The molecule has 0 saturated heterocycles. The number of carbonyl (C=O) groups excluding carboxylic acids is 1. The molecule has 1 atom stereocenters. The maximum absolute atomic E-state index is 12.3. The molecule has 0 heterocycles. The summed E-state index contributed by atoms with van der Waals surface area (Å²) in [6.07, 6.45) is 6.35. The first-order chi connectivity index (χ1) is 11.8. The van der Waals surface area contributed by atoms with Gasteiger partial charge in [-0.3, -0.25) is 0 Å². The molecule has 1 aromatic rings. The fraction of sp³-hybridized carbons (Fsp3) is 0.619. The van der Waals surface area contributed by atoms with Gasteiger partial charge in [0.2, 0.25) is 0 Å². The molecule has 1 unspecified atom stereocenters. The lowest BCUT2D eigenvalue weighted by Crippen LogP contribution is -2.20. The molecule has 0 fully saturated rings. The standard InChI is InChI=1S/C21H32O4/c1-15(2)8-6-5-7-9-19(14-16(3)4)25-21(24)18-12-10-17(11-13-18)20(22)23/h10-13,15-16,19H,5-9,14H2,1-4H3,(H,22,23). The second-order valence-corrected chi connectivity index (χ2v) is 7.57. The fourth-order valence-corrected chi connectivity index (χ4v) is 2.82. The zero-order valence-corrected chi connectivity index (χ0v) is 16.0. The molecule has 1 N–H and O–H groups in total. The molecule has 0 radical (unpaired) electrons. The summed E-state index contributed by atoms with van der Waals surface area (Å²) < 4.78 is 5.69. The van der Waals surface area contributed by atoms with Gasteiger partial charge in [0.15, 0.2) is 0 Å². The third kappa shape index (κ3) is 8.71. The van der Waals surface area contributed by atoms with E-state index in [9.17, 15) is 9.59 Å². The average molecular weight is 348 g/mol. The summed E-state index contributed by atoms with van der Waals surface area (Å²) in [5.41, 5.74) is 0.569. The normalized spacial score (nSPS) is 12.4. The molecule has 0 amide bonds. The maximum atomic E-state index is 12.3. The van der Waals surface area contributed by atoms with Gasteiger partial charge >= 0.3 is 11.9 Å². The van der Waals surface area contributed by atoms with E-state index in [1.807, 2.05) is 0 Å². The summed E-state index contributed by atoms with van der Waals surface area (Å²) >= 11 is 0. The Morgan fingerprint density at radius 3 is 1.96 bits per heavy atom. The molecule has 25 heavy (non-hydrogen) atoms. The van der Waals surface area contributed by atoms with E-state index in [0.717, 1.165) is 31.6 Å². The van der Waals surface area contributed by atoms with Gasteiger partial charge in [0.25, 0.3) is 0 Å². The largest absolute Gasteiger partial charge is 0.478 e. The van der Waals surface area contributed by atoms with E-state index in [4.69, 9.17) is 9.84 Å². The summed E-state index contributed by atoms with van der Waals surface area (Å²) in [6.45, 7) is 8.72. The van der Waals surface area contributed by atoms with Gasteiger partial charge in [-0.2, -0.15) is 0 Å². The Bertz CT molecular complexity index is 531. The molecule has 4 heteroatoms. The van der Waals surface area contributed by atoms with Gasteiger partial charge in [-0.25, -0.2) is 9.59 Å². The molecule has 0 aliphatic heterocycles. The molecule has 140 valence electrons. The lowest BCUT2D eigenvalue weighted by atomic mass is 9.99. The second-order valence-electron chi connectivity index (χ2n) is 7.57. The minimum absolute atomic E-state index is 0.0781. The molecular formula is C21H32O4. The Kier molecular flexibility index (Phi) is 9.25. The lowest BCUT2D eigenvalue weighted by Gasteiger charge is -2.20. The zero-order chi connectivity index (χ0) is 18.8. The Hall–Kier alpha value is -1.84. The van der Waals surface area contributed by atoms with Crippen LogP contribution in [0, 0.1) is 11.8 Å². The van der Waals surface area contributed by atoms with Gasteiger partial charge in [0.05, 0.1) is 11.1 Å². The number of hydrogen-bond donors (Lipinski definition) is 1. The van der Waals surface area contributed by atoms with E-state index < -0.39 is 5.97 Å². The molecule has 1 rings (SSSR count). The first-order valence-electron chi connectivity index (χ1n) is 9.34. The van der Waals surface area contributed by atoms with Gasteiger partial charge in [-0.1, -0.05) is 47.0 Å². The quantitative estimate of drug-likeness (QED) is 0.420. The molecule has 0 bridgehead atoms. The van der Waals surface area contributed by atoms with E-state index in [-0.39, 0.29) is 17.6 Å². The van der Waals surface area contributed by atoms with Crippen LogP contribution in [-0.2, 0) is 4.74 Å². The first kappa shape index (κ1) is 21.2. The Balaban J connectivity index is 2.55. The van der Waals surface area contributed by atoms with E-state index >= 15 is 0 Å². The highest BCUT2D eigenvalue weighted by Crippen LogP contribution is 2.19. The van der Waals surface area contributed by atoms with Crippen LogP contribution in [0.25, 0.3) is 0 Å². The third-order valence-corrected chi connectivity index (χ3v) is 4.18. The number of esters is 1. The zero-order valence-electron chi connectivity index (χ0n) is 16.0. The molecule has 4 nitrogen and oxygen atoms in total. The van der Waals surface area contributed by atoms with E-state index in [2.05, 4.69) is 27.7 Å². The number of carboxylic acids is 1. The number of carboxylic acid groups (broad SMARTS) is 1. The SMILES string of the molecule is CC(C)CCCCCC(CC(C)C)OC(=O)c1ccc(C(=O)O)cc1. The third-order valence-electron chi connectivity index (χ3n) is 4.18. The molecule has 0 aliphatic rings. The molecular weight excluding hydrogens is 316 g/mol. The van der Waals surface area contributed by atoms with Crippen molar-refractivity contribution in [1.29, 1.82) is 0 Å². The summed E-state index contributed by atoms with van der Waals surface area (Å²) in [7, 11) is 0. The minimum Gasteiger partial charge on any atom is -0.478 e. The van der Waals surface area contributed by atoms with Crippen molar-refractivity contribution in [3.63, 3.8) is 0 Å². The van der Waals surface area contributed by atoms with Crippen LogP contribution in [0.5, 0.6) is 0 Å². The molecule has 0 aromatic heterocycles. The number of ether oxygens (including phenoxy) is 1. The molecule has 0 spiro atoms. The molecule has 1 aromatic carbocycles. The van der Waals surface area contributed by atoms with Crippen LogP contribution in [0.4, 0.5) is 0 Å². The van der Waals surface area contributed by atoms with Crippen molar-refractivity contribution >= 4 is 11.9 Å². The number of benzene rings is 1. The van der Waals surface area contributed by atoms with Crippen LogP contribution in [0.2, 0.25) is 0 Å². The summed E-state index contributed by atoms with van der Waals surface area (Å²) in [4.78, 5) is 23.2. The van der Waals surface area contributed by atoms with Crippen molar-refractivity contribution < 1.29 is 19.4 Å². The predicted molar refractivity (Wildman–Crippen MR) is 100.0 cm³/mol. The lowest BCUT2D eigenvalue weighted by molar-refractivity contribution is 0.0224. The van der Waals surface area contributed by atoms with Crippen LogP contribution in [0.15, 0.2) is 24.3 Å². The Morgan fingerprint density at radius 2 is 1.44 bits per heavy atom. The van der Waals surface area contributed by atoms with Crippen LogP contribution in [0.3, 0.4) is 0 Å². The average Bonchev–Trinajstić information content (AvgIpc) is 2.53. The topological polar surface area (TPSA) is 63.6 Å². The van der Waals surface area contributed by atoms with Gasteiger partial charge in [-0.15, -0.1) is 0 Å². The molecule has 0 aliphatic carbocycles. The monoisotopic (exact) mass is 348 g/mol. The van der Waals surface area contributed by atoms with Gasteiger partial charge in [-0.05, 0) is 55.4 Å². The molecule has 0 saturated carbocycles. The van der Waals surface area contributed by atoms with Crippen molar-refractivity contribution in [2.24, 2.45) is 11.8 Å². The van der Waals surface area contributed by atoms with Crippen LogP contribution >= 0.6 is 0 Å². The minimum atomic E-state index is -1.00. The van der Waals surface area contributed by atoms with Gasteiger partial charge in [0, 0.05) is 0 Å². The highest BCUT2D eigenvalue weighted by Gasteiger charge is 2.17. The Labute approximate surface area is 151 Å². The number of unbranched alkanes of at least 4 members (excludes halogenated alkanes) is 2. The van der Waals surface area contributed by atoms with Crippen LogP contribution in [0.1, 0.15) is 86.9 Å². The fourth-order valence-electron chi connectivity index (χ4n) is 2.82. The highest BCUT2D eigenvalue weighted by atomic mass is 16.5. The van der Waals surface area contributed by atoms with Crippen molar-refractivity contribution in [3.8, 4) is 0 Å². The van der Waals surface area contributed by atoms with Gasteiger partial charge < -0.3 is 9.84 Å².